The molecule has 4 aromatic rings. The minimum Gasteiger partial charge on any atom is -0.491 e. The molecule has 180 valence electrons. The fourth-order valence-electron chi connectivity index (χ4n) is 3.81. The molecule has 1 amide bonds. The number of hydrogen-bond acceptors (Lipinski definition) is 4. The van der Waals surface area contributed by atoms with Gasteiger partial charge in [0.25, 0.3) is 0 Å². The first-order valence-electron chi connectivity index (χ1n) is 11.3. The summed E-state index contributed by atoms with van der Waals surface area (Å²) in [5.74, 6) is 0.391. The van der Waals surface area contributed by atoms with Crippen molar-refractivity contribution in [2.75, 3.05) is 0 Å². The van der Waals surface area contributed by atoms with E-state index in [2.05, 4.69) is 5.32 Å². The molecule has 0 bridgehead atoms. The number of carbonyl (C=O) groups excluding carboxylic acids is 1. The van der Waals surface area contributed by atoms with Crippen molar-refractivity contribution in [3.63, 3.8) is 0 Å². The quantitative estimate of drug-likeness (QED) is 0.378. The normalized spacial score (nSPS) is 11.1. The first-order valence-corrected chi connectivity index (χ1v) is 11.7. The molecule has 1 N–H and O–H groups in total. The molecule has 0 saturated heterocycles. The molecule has 7 nitrogen and oxygen atoms in total. The number of halogens is 1. The average molecular weight is 492 g/mol. The molecule has 0 fully saturated rings. The predicted molar refractivity (Wildman–Crippen MR) is 137 cm³/mol. The van der Waals surface area contributed by atoms with Crippen LogP contribution in [0.3, 0.4) is 0 Å². The summed E-state index contributed by atoms with van der Waals surface area (Å²) in [6.07, 6.45) is 0.0790. The highest BCUT2D eigenvalue weighted by Gasteiger charge is 2.15. The van der Waals surface area contributed by atoms with Gasteiger partial charge < -0.3 is 10.1 Å². The number of benzene rings is 3. The van der Waals surface area contributed by atoms with E-state index in [1.807, 2.05) is 50.2 Å². The summed E-state index contributed by atoms with van der Waals surface area (Å²) in [5, 5.41) is 3.41. The fraction of sp³-hybridized carbons (Fsp3) is 0.222. The SMILES string of the molecule is CC(C)Oc1ccc(CNC(=O)Cn2c(=O)c(=O)n(Cc3ccc(Cl)cc3)c3ccccc32)cc1. The van der Waals surface area contributed by atoms with Crippen molar-refractivity contribution in [2.24, 2.45) is 0 Å². The third-order valence-electron chi connectivity index (χ3n) is 5.48. The van der Waals surface area contributed by atoms with Gasteiger partial charge in [-0.3, -0.25) is 23.5 Å². The van der Waals surface area contributed by atoms with Crippen LogP contribution in [0.2, 0.25) is 5.02 Å². The van der Waals surface area contributed by atoms with Gasteiger partial charge in [-0.15, -0.1) is 0 Å². The van der Waals surface area contributed by atoms with E-state index in [0.717, 1.165) is 16.9 Å². The summed E-state index contributed by atoms with van der Waals surface area (Å²) < 4.78 is 8.28. The second-order valence-corrected chi connectivity index (χ2v) is 8.92. The average Bonchev–Trinajstić information content (AvgIpc) is 2.85. The summed E-state index contributed by atoms with van der Waals surface area (Å²) in [6.45, 7) is 4.16. The van der Waals surface area contributed by atoms with Gasteiger partial charge >= 0.3 is 11.1 Å². The van der Waals surface area contributed by atoms with E-state index in [0.29, 0.717) is 22.6 Å². The second-order valence-electron chi connectivity index (χ2n) is 8.49. The zero-order chi connectivity index (χ0) is 24.9. The highest BCUT2D eigenvalue weighted by molar-refractivity contribution is 6.30. The maximum Gasteiger partial charge on any atom is 0.317 e. The van der Waals surface area contributed by atoms with E-state index in [1.165, 1.54) is 9.13 Å². The Balaban J connectivity index is 1.55. The molecular formula is C27H26ClN3O4. The van der Waals surface area contributed by atoms with E-state index in [4.69, 9.17) is 16.3 Å². The van der Waals surface area contributed by atoms with Gasteiger partial charge in [-0.2, -0.15) is 0 Å². The number of nitrogens with one attached hydrogen (secondary N) is 1. The Morgan fingerprint density at radius 3 is 2.06 bits per heavy atom. The van der Waals surface area contributed by atoms with E-state index < -0.39 is 11.1 Å². The lowest BCUT2D eigenvalue weighted by Crippen LogP contribution is -2.44. The van der Waals surface area contributed by atoms with Crippen LogP contribution in [0.25, 0.3) is 11.0 Å². The standard InChI is InChI=1S/C27H26ClN3O4/c1-18(2)35-22-13-9-19(10-14-22)15-29-25(32)17-31-24-6-4-3-5-23(24)30(26(33)27(31)34)16-20-7-11-21(28)12-8-20/h3-14,18H,15-17H2,1-2H3,(H,29,32). The van der Waals surface area contributed by atoms with Gasteiger partial charge in [0.1, 0.15) is 12.3 Å². The Kier molecular flexibility index (Phi) is 7.36. The zero-order valence-corrected chi connectivity index (χ0v) is 20.3. The van der Waals surface area contributed by atoms with Crippen LogP contribution in [0.5, 0.6) is 5.75 Å². The Morgan fingerprint density at radius 2 is 1.43 bits per heavy atom. The fourth-order valence-corrected chi connectivity index (χ4v) is 3.94. The van der Waals surface area contributed by atoms with Gasteiger partial charge in [-0.1, -0.05) is 48.0 Å². The Bertz CT molecular complexity index is 1460. The molecule has 3 aromatic carbocycles. The van der Waals surface area contributed by atoms with Crippen LogP contribution < -0.4 is 21.2 Å². The molecule has 0 unspecified atom stereocenters. The molecule has 0 atom stereocenters. The van der Waals surface area contributed by atoms with Crippen molar-refractivity contribution in [3.8, 4) is 5.75 Å². The molecular weight excluding hydrogens is 466 g/mol. The van der Waals surface area contributed by atoms with E-state index in [1.54, 1.807) is 36.4 Å². The molecule has 0 radical (unpaired) electrons. The van der Waals surface area contributed by atoms with Gasteiger partial charge in [0, 0.05) is 11.6 Å². The van der Waals surface area contributed by atoms with Gasteiger partial charge in [-0.25, -0.2) is 0 Å². The number of ether oxygens (including phenoxy) is 1. The van der Waals surface area contributed by atoms with Crippen molar-refractivity contribution in [1.82, 2.24) is 14.5 Å². The first kappa shape index (κ1) is 24.3. The van der Waals surface area contributed by atoms with Crippen molar-refractivity contribution in [1.29, 1.82) is 0 Å². The number of nitrogens with zero attached hydrogens (tertiary/aromatic N) is 2. The number of amides is 1. The van der Waals surface area contributed by atoms with Crippen LogP contribution in [0.4, 0.5) is 0 Å². The van der Waals surface area contributed by atoms with Crippen LogP contribution in [0.1, 0.15) is 25.0 Å². The number of fused-ring (bicyclic) bond motifs is 1. The molecule has 0 aliphatic heterocycles. The molecule has 8 heteroatoms. The Labute approximate surface area is 207 Å². The highest BCUT2D eigenvalue weighted by atomic mass is 35.5. The third kappa shape index (κ3) is 5.81. The predicted octanol–water partition coefficient (Wildman–Crippen LogP) is 3.97. The molecule has 0 aliphatic rings. The number of rotatable bonds is 8. The van der Waals surface area contributed by atoms with Gasteiger partial charge in [0.2, 0.25) is 5.91 Å². The number of para-hydroxylation sites is 2. The summed E-state index contributed by atoms with van der Waals surface area (Å²) in [7, 11) is 0. The monoisotopic (exact) mass is 491 g/mol. The third-order valence-corrected chi connectivity index (χ3v) is 5.73. The summed E-state index contributed by atoms with van der Waals surface area (Å²) in [6, 6.07) is 21.6. The summed E-state index contributed by atoms with van der Waals surface area (Å²) in [4.78, 5) is 38.7. The topological polar surface area (TPSA) is 82.3 Å². The molecule has 0 saturated carbocycles. The van der Waals surface area contributed by atoms with Crippen molar-refractivity contribution >= 4 is 28.5 Å². The van der Waals surface area contributed by atoms with Crippen molar-refractivity contribution in [2.45, 2.75) is 39.6 Å². The molecule has 0 spiro atoms. The lowest BCUT2D eigenvalue weighted by Gasteiger charge is -2.15. The first-order chi connectivity index (χ1) is 16.8. The number of carbonyl (C=O) groups is 1. The maximum atomic E-state index is 13.0. The van der Waals surface area contributed by atoms with E-state index in [-0.39, 0.29) is 25.1 Å². The molecule has 1 heterocycles. The van der Waals surface area contributed by atoms with Gasteiger partial charge in [-0.05, 0) is 61.4 Å². The van der Waals surface area contributed by atoms with E-state index >= 15 is 0 Å². The lowest BCUT2D eigenvalue weighted by atomic mass is 10.2. The van der Waals surface area contributed by atoms with E-state index in [9.17, 15) is 14.4 Å². The molecule has 35 heavy (non-hydrogen) atoms. The molecule has 0 aliphatic carbocycles. The highest BCUT2D eigenvalue weighted by Crippen LogP contribution is 2.15. The van der Waals surface area contributed by atoms with Crippen LogP contribution in [-0.2, 0) is 24.4 Å². The van der Waals surface area contributed by atoms with Crippen LogP contribution in [0.15, 0.2) is 82.4 Å². The minimum absolute atomic E-state index is 0.0790. The zero-order valence-electron chi connectivity index (χ0n) is 19.5. The Hall–Kier alpha value is -3.84. The molecule has 1 aromatic heterocycles. The van der Waals surface area contributed by atoms with Gasteiger partial charge in [0.15, 0.2) is 0 Å². The summed E-state index contributed by atoms with van der Waals surface area (Å²) in [5.41, 5.74) is 1.37. The minimum atomic E-state index is -0.747. The van der Waals surface area contributed by atoms with Gasteiger partial charge in [0.05, 0.1) is 23.7 Å². The second kappa shape index (κ2) is 10.6. The summed E-state index contributed by atoms with van der Waals surface area (Å²) >= 11 is 5.96. The molecule has 4 rings (SSSR count). The van der Waals surface area contributed by atoms with Crippen LogP contribution >= 0.6 is 11.6 Å². The van der Waals surface area contributed by atoms with Crippen molar-refractivity contribution in [3.05, 3.63) is 110 Å². The van der Waals surface area contributed by atoms with Crippen LogP contribution in [-0.4, -0.2) is 21.1 Å². The smallest absolute Gasteiger partial charge is 0.317 e. The van der Waals surface area contributed by atoms with Crippen LogP contribution in [0, 0.1) is 0 Å². The van der Waals surface area contributed by atoms with Crippen molar-refractivity contribution < 1.29 is 9.53 Å². The number of aromatic nitrogens is 2. The lowest BCUT2D eigenvalue weighted by molar-refractivity contribution is -0.121. The number of hydrogen-bond donors (Lipinski definition) is 1. The maximum absolute atomic E-state index is 13.0. The largest absolute Gasteiger partial charge is 0.491 e. The Morgan fingerprint density at radius 1 is 0.857 bits per heavy atom.